The quantitative estimate of drug-likeness (QED) is 0.419. The molecule has 1 N–H and O–H groups in total. The maximum atomic E-state index is 12.2. The fourth-order valence-corrected chi connectivity index (χ4v) is 3.52. The highest BCUT2D eigenvalue weighted by atomic mass is 16.3. The van der Waals surface area contributed by atoms with Crippen LogP contribution < -0.4 is 5.32 Å². The van der Waals surface area contributed by atoms with Crippen LogP contribution in [0.4, 0.5) is 0 Å². The van der Waals surface area contributed by atoms with Gasteiger partial charge in [0.25, 0.3) is 5.91 Å². The van der Waals surface area contributed by atoms with Crippen LogP contribution in [0.25, 0.3) is 17.0 Å². The number of hydrogen-bond donors (Lipinski definition) is 1. The minimum absolute atomic E-state index is 0.174. The van der Waals surface area contributed by atoms with E-state index in [-0.39, 0.29) is 5.91 Å². The number of pyridine rings is 1. The maximum absolute atomic E-state index is 12.2. The number of carbonyl (C=O) groups is 1. The summed E-state index contributed by atoms with van der Waals surface area (Å²) in [4.78, 5) is 20.9. The molecule has 4 rings (SSSR count). The number of unbranched alkanes of at least 4 members (excludes halogenated alkanes) is 3. The molecule has 5 nitrogen and oxygen atoms in total. The highest BCUT2D eigenvalue weighted by Crippen LogP contribution is 2.28. The molecule has 0 bridgehead atoms. The van der Waals surface area contributed by atoms with Gasteiger partial charge in [-0.05, 0) is 60.9 Å². The maximum Gasteiger partial charge on any atom is 0.273 e. The van der Waals surface area contributed by atoms with Gasteiger partial charge in [0.1, 0.15) is 6.26 Å². The molecule has 2 aromatic heterocycles. The van der Waals surface area contributed by atoms with E-state index < -0.39 is 0 Å². The predicted octanol–water partition coefficient (Wildman–Crippen LogP) is 5.89. The van der Waals surface area contributed by atoms with Gasteiger partial charge in [0.15, 0.2) is 5.69 Å². The molecular weight excluding hydrogens is 386 g/mol. The molecule has 1 fully saturated rings. The summed E-state index contributed by atoms with van der Waals surface area (Å²) in [6, 6.07) is 12.2. The van der Waals surface area contributed by atoms with Crippen LogP contribution in [0.2, 0.25) is 0 Å². The zero-order valence-electron chi connectivity index (χ0n) is 18.0. The molecular formula is C26H29N3O2. The molecule has 1 amide bonds. The lowest BCUT2D eigenvalue weighted by molar-refractivity contribution is 0.0947. The molecule has 0 aliphatic heterocycles. The van der Waals surface area contributed by atoms with Crippen molar-refractivity contribution in [1.82, 2.24) is 15.3 Å². The molecule has 160 valence electrons. The smallest absolute Gasteiger partial charge is 0.273 e. The number of nitrogens with one attached hydrogen (secondary N) is 1. The first-order valence-electron chi connectivity index (χ1n) is 11.2. The Balaban J connectivity index is 1.49. The summed E-state index contributed by atoms with van der Waals surface area (Å²) < 4.78 is 5.57. The van der Waals surface area contributed by atoms with E-state index in [0.717, 1.165) is 29.7 Å². The third kappa shape index (κ3) is 5.69. The van der Waals surface area contributed by atoms with E-state index in [0.29, 0.717) is 17.5 Å². The molecule has 31 heavy (non-hydrogen) atoms. The Hall–Kier alpha value is -3.21. The van der Waals surface area contributed by atoms with E-state index in [9.17, 15) is 4.79 Å². The zero-order valence-corrected chi connectivity index (χ0v) is 18.0. The van der Waals surface area contributed by atoms with Crippen molar-refractivity contribution in [3.05, 3.63) is 78.0 Å². The minimum Gasteiger partial charge on any atom is -0.444 e. The Morgan fingerprint density at radius 3 is 2.71 bits per heavy atom. The Morgan fingerprint density at radius 1 is 1.16 bits per heavy atom. The fraction of sp³-hybridized carbons (Fsp3) is 0.346. The second kappa shape index (κ2) is 10.2. The molecule has 1 aromatic carbocycles. The van der Waals surface area contributed by atoms with Gasteiger partial charge in [0.05, 0.1) is 0 Å². The predicted molar refractivity (Wildman–Crippen MR) is 122 cm³/mol. The lowest BCUT2D eigenvalue weighted by Gasteiger charge is -2.09. The lowest BCUT2D eigenvalue weighted by atomic mass is 9.96. The van der Waals surface area contributed by atoms with E-state index in [1.54, 1.807) is 6.20 Å². The first kappa shape index (κ1) is 21.0. The molecule has 2 heterocycles. The Labute approximate surface area is 183 Å². The fourth-order valence-electron chi connectivity index (χ4n) is 3.52. The van der Waals surface area contributed by atoms with Gasteiger partial charge in [-0.1, -0.05) is 44.0 Å². The molecule has 1 aliphatic carbocycles. The number of oxazole rings is 1. The SMILES string of the molecule is CCCCC/C=C(\c1ccc(-c2nc(C(=O)NCC3CC3)co2)cc1)c1cccnc1. The third-order valence-corrected chi connectivity index (χ3v) is 5.56. The molecule has 0 unspecified atom stereocenters. The van der Waals surface area contributed by atoms with Crippen molar-refractivity contribution in [1.29, 1.82) is 0 Å². The van der Waals surface area contributed by atoms with E-state index in [1.807, 2.05) is 24.4 Å². The number of nitrogens with zero attached hydrogens (tertiary/aromatic N) is 2. The standard InChI is InChI=1S/C26H29N3O2/c1-2-3-4-5-8-23(22-7-6-15-27-17-22)20-11-13-21(14-12-20)26-29-24(18-31-26)25(30)28-16-19-9-10-19/h6-8,11-15,17-19H,2-5,9-10,16H2,1H3,(H,28,30)/b23-8+. The highest BCUT2D eigenvalue weighted by molar-refractivity contribution is 5.92. The van der Waals surface area contributed by atoms with Crippen LogP contribution in [0.5, 0.6) is 0 Å². The van der Waals surface area contributed by atoms with Crippen molar-refractivity contribution >= 4 is 11.5 Å². The molecule has 1 saturated carbocycles. The van der Waals surface area contributed by atoms with Gasteiger partial charge in [0, 0.05) is 30.1 Å². The minimum atomic E-state index is -0.174. The van der Waals surface area contributed by atoms with Gasteiger partial charge >= 0.3 is 0 Å². The number of benzene rings is 1. The number of allylic oxidation sites excluding steroid dienone is 1. The third-order valence-electron chi connectivity index (χ3n) is 5.56. The number of aromatic nitrogens is 2. The Kier molecular flexibility index (Phi) is 6.92. The topological polar surface area (TPSA) is 68.0 Å². The van der Waals surface area contributed by atoms with Gasteiger partial charge < -0.3 is 9.73 Å². The van der Waals surface area contributed by atoms with E-state index in [1.165, 1.54) is 43.9 Å². The van der Waals surface area contributed by atoms with Crippen LogP contribution in [0, 0.1) is 5.92 Å². The van der Waals surface area contributed by atoms with Crippen LogP contribution in [-0.2, 0) is 0 Å². The summed E-state index contributed by atoms with van der Waals surface area (Å²) in [5, 5.41) is 2.92. The zero-order chi connectivity index (χ0) is 21.5. The van der Waals surface area contributed by atoms with Crippen molar-refractivity contribution in [3.63, 3.8) is 0 Å². The molecule has 3 aromatic rings. The number of rotatable bonds is 10. The molecule has 0 saturated heterocycles. The first-order valence-corrected chi connectivity index (χ1v) is 11.2. The van der Waals surface area contributed by atoms with E-state index >= 15 is 0 Å². The molecule has 1 aliphatic rings. The summed E-state index contributed by atoms with van der Waals surface area (Å²) in [5.74, 6) is 0.914. The average Bonchev–Trinajstić information content (AvgIpc) is 3.52. The molecule has 0 radical (unpaired) electrons. The molecule has 0 atom stereocenters. The summed E-state index contributed by atoms with van der Waals surface area (Å²) in [6.07, 6.45) is 14.5. The molecule has 0 spiro atoms. The van der Waals surface area contributed by atoms with Gasteiger partial charge in [-0.3, -0.25) is 9.78 Å². The number of hydrogen-bond acceptors (Lipinski definition) is 4. The normalized spacial score (nSPS) is 13.9. The summed E-state index contributed by atoms with van der Waals surface area (Å²) in [6.45, 7) is 2.94. The van der Waals surface area contributed by atoms with Crippen LogP contribution in [0.1, 0.15) is 67.1 Å². The van der Waals surface area contributed by atoms with Crippen LogP contribution in [0.3, 0.4) is 0 Å². The van der Waals surface area contributed by atoms with Crippen molar-refractivity contribution in [2.24, 2.45) is 5.92 Å². The van der Waals surface area contributed by atoms with Gasteiger partial charge in [-0.25, -0.2) is 4.98 Å². The summed E-state index contributed by atoms with van der Waals surface area (Å²) >= 11 is 0. The van der Waals surface area contributed by atoms with Crippen molar-refractivity contribution in [3.8, 4) is 11.5 Å². The van der Waals surface area contributed by atoms with Gasteiger partial charge in [-0.2, -0.15) is 0 Å². The first-order chi connectivity index (χ1) is 15.2. The van der Waals surface area contributed by atoms with Crippen molar-refractivity contribution < 1.29 is 9.21 Å². The lowest BCUT2D eigenvalue weighted by Crippen LogP contribution is -2.25. The molecule has 5 heteroatoms. The second-order valence-corrected chi connectivity index (χ2v) is 8.12. The average molecular weight is 416 g/mol. The van der Waals surface area contributed by atoms with Crippen LogP contribution >= 0.6 is 0 Å². The Bertz CT molecular complexity index is 1020. The van der Waals surface area contributed by atoms with Crippen LogP contribution in [-0.4, -0.2) is 22.4 Å². The largest absolute Gasteiger partial charge is 0.444 e. The van der Waals surface area contributed by atoms with Gasteiger partial charge in [0.2, 0.25) is 5.89 Å². The van der Waals surface area contributed by atoms with Crippen molar-refractivity contribution in [2.75, 3.05) is 6.54 Å². The second-order valence-electron chi connectivity index (χ2n) is 8.12. The number of carbonyl (C=O) groups excluding carboxylic acids is 1. The van der Waals surface area contributed by atoms with E-state index in [2.05, 4.69) is 46.5 Å². The monoisotopic (exact) mass is 415 g/mol. The van der Waals surface area contributed by atoms with Crippen LogP contribution in [0.15, 0.2) is 65.5 Å². The van der Waals surface area contributed by atoms with Gasteiger partial charge in [-0.15, -0.1) is 0 Å². The Morgan fingerprint density at radius 2 is 2.00 bits per heavy atom. The number of amides is 1. The van der Waals surface area contributed by atoms with Crippen molar-refractivity contribution in [2.45, 2.75) is 45.4 Å². The van der Waals surface area contributed by atoms with E-state index in [4.69, 9.17) is 4.42 Å². The summed E-state index contributed by atoms with van der Waals surface area (Å²) in [7, 11) is 0. The highest BCUT2D eigenvalue weighted by Gasteiger charge is 2.22. The summed E-state index contributed by atoms with van der Waals surface area (Å²) in [5.41, 5.74) is 4.59.